The van der Waals surface area contributed by atoms with Gasteiger partial charge in [0.1, 0.15) is 0 Å². The smallest absolute Gasteiger partial charge is 0.252 e. The first-order valence-electron chi connectivity index (χ1n) is 8.96. The second-order valence-corrected chi connectivity index (χ2v) is 8.32. The van der Waals surface area contributed by atoms with Crippen molar-refractivity contribution >= 4 is 26.8 Å². The molecule has 9 heteroatoms. The molecule has 2 heterocycles. The Morgan fingerprint density at radius 1 is 1.26 bits per heavy atom. The molecule has 0 aliphatic carbocycles. The third-order valence-corrected chi connectivity index (χ3v) is 6.38. The molecule has 1 amide bonds. The van der Waals surface area contributed by atoms with E-state index in [1.54, 1.807) is 0 Å². The van der Waals surface area contributed by atoms with Gasteiger partial charge in [-0.15, -0.1) is 0 Å². The van der Waals surface area contributed by atoms with Gasteiger partial charge in [0.05, 0.1) is 23.7 Å². The molecular formula is C18H23N3O5S. The molecule has 2 N–H and O–H groups in total. The first-order valence-corrected chi connectivity index (χ1v) is 10.4. The summed E-state index contributed by atoms with van der Waals surface area (Å²) in [7, 11) is -3.70. The molecular weight excluding hydrogens is 370 g/mol. The van der Waals surface area contributed by atoms with E-state index in [1.165, 1.54) is 28.6 Å². The Kier molecular flexibility index (Phi) is 5.93. The van der Waals surface area contributed by atoms with Crippen LogP contribution in [-0.2, 0) is 14.8 Å². The molecule has 0 bridgehead atoms. The number of carbonyl (C=O) groups excluding carboxylic acids is 1. The molecule has 0 atom stereocenters. The number of nitrogens with one attached hydrogen (secondary N) is 2. The van der Waals surface area contributed by atoms with Crippen LogP contribution in [0.25, 0.3) is 10.9 Å². The first-order chi connectivity index (χ1) is 12.9. The lowest BCUT2D eigenvalue weighted by atomic mass is 10.1. The van der Waals surface area contributed by atoms with Gasteiger partial charge in [-0.3, -0.25) is 9.59 Å². The molecule has 8 nitrogen and oxygen atoms in total. The van der Waals surface area contributed by atoms with Crippen LogP contribution < -0.4 is 10.9 Å². The van der Waals surface area contributed by atoms with Gasteiger partial charge in [-0.1, -0.05) is 13.3 Å². The van der Waals surface area contributed by atoms with Crippen molar-refractivity contribution in [2.24, 2.45) is 0 Å². The number of carbonyl (C=O) groups is 1. The number of sulfonamides is 1. The normalized spacial score (nSPS) is 15.7. The van der Waals surface area contributed by atoms with Crippen LogP contribution in [-0.4, -0.2) is 56.5 Å². The summed E-state index contributed by atoms with van der Waals surface area (Å²) in [6.45, 7) is 3.79. The number of pyridine rings is 1. The molecule has 1 aromatic carbocycles. The Bertz CT molecular complexity index is 994. The van der Waals surface area contributed by atoms with E-state index in [0.29, 0.717) is 30.7 Å². The second-order valence-electron chi connectivity index (χ2n) is 6.38. The van der Waals surface area contributed by atoms with E-state index in [-0.39, 0.29) is 29.5 Å². The number of amides is 1. The van der Waals surface area contributed by atoms with E-state index < -0.39 is 15.6 Å². The van der Waals surface area contributed by atoms with Crippen molar-refractivity contribution in [2.75, 3.05) is 32.8 Å². The zero-order chi connectivity index (χ0) is 19.4. The minimum Gasteiger partial charge on any atom is -0.379 e. The number of fused-ring (bicyclic) bond motifs is 1. The van der Waals surface area contributed by atoms with Crippen LogP contribution >= 0.6 is 0 Å². The van der Waals surface area contributed by atoms with Crippen LogP contribution in [0.15, 0.2) is 34.0 Å². The van der Waals surface area contributed by atoms with E-state index in [0.717, 1.165) is 12.8 Å². The average molecular weight is 393 g/mol. The molecule has 0 unspecified atom stereocenters. The van der Waals surface area contributed by atoms with Crippen molar-refractivity contribution in [1.29, 1.82) is 0 Å². The van der Waals surface area contributed by atoms with Gasteiger partial charge < -0.3 is 15.0 Å². The topological polar surface area (TPSA) is 109 Å². The predicted octanol–water partition coefficient (Wildman–Crippen LogP) is 1.08. The summed E-state index contributed by atoms with van der Waals surface area (Å²) in [4.78, 5) is 27.1. The molecule has 27 heavy (non-hydrogen) atoms. The van der Waals surface area contributed by atoms with Crippen molar-refractivity contribution in [3.8, 4) is 0 Å². The second kappa shape index (κ2) is 8.20. The summed E-state index contributed by atoms with van der Waals surface area (Å²) >= 11 is 0. The Hall–Kier alpha value is -2.23. The van der Waals surface area contributed by atoms with E-state index >= 15 is 0 Å². The molecule has 1 fully saturated rings. The summed E-state index contributed by atoms with van der Waals surface area (Å²) in [6.07, 6.45) is 1.75. The molecule has 1 aliphatic rings. The molecule has 0 saturated carbocycles. The monoisotopic (exact) mass is 393 g/mol. The van der Waals surface area contributed by atoms with Gasteiger partial charge >= 0.3 is 0 Å². The summed E-state index contributed by atoms with van der Waals surface area (Å²) in [5, 5.41) is 3.17. The number of aromatic amines is 1. The lowest BCUT2D eigenvalue weighted by Gasteiger charge is -2.26. The van der Waals surface area contributed by atoms with Crippen molar-refractivity contribution in [1.82, 2.24) is 14.6 Å². The van der Waals surface area contributed by atoms with Crippen molar-refractivity contribution in [2.45, 2.75) is 24.7 Å². The zero-order valence-electron chi connectivity index (χ0n) is 15.2. The highest BCUT2D eigenvalue weighted by Gasteiger charge is 2.27. The van der Waals surface area contributed by atoms with Gasteiger partial charge in [0.15, 0.2) is 0 Å². The van der Waals surface area contributed by atoms with Crippen molar-refractivity contribution < 1.29 is 17.9 Å². The van der Waals surface area contributed by atoms with Gasteiger partial charge in [-0.05, 0) is 24.6 Å². The molecule has 2 aromatic rings. The molecule has 146 valence electrons. The fraction of sp³-hybridized carbons (Fsp3) is 0.444. The van der Waals surface area contributed by atoms with Gasteiger partial charge in [-0.25, -0.2) is 8.42 Å². The predicted molar refractivity (Wildman–Crippen MR) is 101 cm³/mol. The van der Waals surface area contributed by atoms with E-state index in [9.17, 15) is 18.0 Å². The first kappa shape index (κ1) is 19.5. The summed E-state index contributed by atoms with van der Waals surface area (Å²) in [6, 6.07) is 5.62. The van der Waals surface area contributed by atoms with E-state index in [1.807, 2.05) is 6.92 Å². The molecule has 0 spiro atoms. The van der Waals surface area contributed by atoms with Crippen LogP contribution in [0, 0.1) is 0 Å². The third kappa shape index (κ3) is 4.20. The summed E-state index contributed by atoms with van der Waals surface area (Å²) in [5.74, 6) is -0.388. The van der Waals surface area contributed by atoms with E-state index in [2.05, 4.69) is 10.3 Å². The SMILES string of the molecule is CCCCNC(=O)c1cc(=O)[nH]c2ccc(S(=O)(=O)N3CCOCC3)cc12. The Balaban J connectivity index is 2.03. The third-order valence-electron chi connectivity index (χ3n) is 4.48. The Morgan fingerprint density at radius 3 is 2.70 bits per heavy atom. The standard InChI is InChI=1S/C18H23N3O5S/c1-2-3-6-19-18(23)15-12-17(22)20-16-5-4-13(11-14(15)16)27(24,25)21-7-9-26-10-8-21/h4-5,11-12H,2-3,6-10H2,1H3,(H,19,23)(H,20,22). The van der Waals surface area contributed by atoms with E-state index in [4.69, 9.17) is 4.74 Å². The highest BCUT2D eigenvalue weighted by atomic mass is 32.2. The number of morpholine rings is 1. The lowest BCUT2D eigenvalue weighted by molar-refractivity contribution is 0.0730. The summed E-state index contributed by atoms with van der Waals surface area (Å²) in [5.41, 5.74) is 0.180. The largest absolute Gasteiger partial charge is 0.379 e. The number of hydrogen-bond donors (Lipinski definition) is 2. The van der Waals surface area contributed by atoms with Crippen LogP contribution in [0.2, 0.25) is 0 Å². The number of rotatable bonds is 6. The molecule has 1 aliphatic heterocycles. The fourth-order valence-corrected chi connectivity index (χ4v) is 4.43. The van der Waals surface area contributed by atoms with Gasteiger partial charge in [0, 0.05) is 36.6 Å². The Labute approximate surface area is 157 Å². The maximum atomic E-state index is 12.9. The number of ether oxygens (including phenoxy) is 1. The number of H-pyrrole nitrogens is 1. The molecule has 1 saturated heterocycles. The van der Waals surface area contributed by atoms with Crippen molar-refractivity contribution in [3.05, 3.63) is 40.2 Å². The molecule has 0 radical (unpaired) electrons. The maximum absolute atomic E-state index is 12.9. The highest BCUT2D eigenvalue weighted by molar-refractivity contribution is 7.89. The minimum absolute atomic E-state index is 0.0894. The lowest BCUT2D eigenvalue weighted by Crippen LogP contribution is -2.40. The quantitative estimate of drug-likeness (QED) is 0.714. The zero-order valence-corrected chi connectivity index (χ0v) is 16.0. The van der Waals surface area contributed by atoms with Crippen LogP contribution in [0.5, 0.6) is 0 Å². The summed E-state index contributed by atoms with van der Waals surface area (Å²) < 4.78 is 32.4. The van der Waals surface area contributed by atoms with Gasteiger partial charge in [0.2, 0.25) is 15.6 Å². The number of aromatic nitrogens is 1. The fourth-order valence-electron chi connectivity index (χ4n) is 2.99. The van der Waals surface area contributed by atoms with Gasteiger partial charge in [-0.2, -0.15) is 4.31 Å². The van der Waals surface area contributed by atoms with Crippen LogP contribution in [0.1, 0.15) is 30.1 Å². The highest BCUT2D eigenvalue weighted by Crippen LogP contribution is 2.23. The number of nitrogens with zero attached hydrogens (tertiary/aromatic N) is 1. The Morgan fingerprint density at radius 2 is 2.00 bits per heavy atom. The van der Waals surface area contributed by atoms with Gasteiger partial charge in [0.25, 0.3) is 5.91 Å². The number of benzene rings is 1. The van der Waals surface area contributed by atoms with Crippen LogP contribution in [0.3, 0.4) is 0 Å². The van der Waals surface area contributed by atoms with Crippen LogP contribution in [0.4, 0.5) is 0 Å². The molecule has 1 aromatic heterocycles. The number of unbranched alkanes of at least 4 members (excludes halogenated alkanes) is 1. The van der Waals surface area contributed by atoms with Crippen molar-refractivity contribution in [3.63, 3.8) is 0 Å². The average Bonchev–Trinajstić information content (AvgIpc) is 2.67. The maximum Gasteiger partial charge on any atom is 0.252 e. The molecule has 3 rings (SSSR count). The number of hydrogen-bond acceptors (Lipinski definition) is 5. The minimum atomic E-state index is -3.70.